The minimum absolute atomic E-state index is 0.00425. The zero-order chi connectivity index (χ0) is 22.1. The lowest BCUT2D eigenvalue weighted by Crippen LogP contribution is -2.55. The Morgan fingerprint density at radius 1 is 1.27 bits per heavy atom. The van der Waals surface area contributed by atoms with Crippen molar-refractivity contribution in [2.45, 2.75) is 39.4 Å². The first-order valence-corrected chi connectivity index (χ1v) is 9.53. The number of ether oxygens (including phenoxy) is 2. The third kappa shape index (κ3) is 4.85. The molecule has 3 rings (SSSR count). The number of aromatic nitrogens is 1. The van der Waals surface area contributed by atoms with Gasteiger partial charge in [0.15, 0.2) is 6.10 Å². The summed E-state index contributed by atoms with van der Waals surface area (Å²) in [5.74, 6) is -2.77. The van der Waals surface area contributed by atoms with Crippen molar-refractivity contribution in [3.63, 3.8) is 0 Å². The second-order valence-corrected chi connectivity index (χ2v) is 8.36. The number of benzene rings is 1. The number of anilines is 1. The van der Waals surface area contributed by atoms with Gasteiger partial charge < -0.3 is 24.5 Å². The molecule has 1 saturated heterocycles. The summed E-state index contributed by atoms with van der Waals surface area (Å²) in [5.41, 5.74) is 0.510. The van der Waals surface area contributed by atoms with Crippen molar-refractivity contribution in [3.05, 3.63) is 40.7 Å². The second kappa shape index (κ2) is 8.27. The lowest BCUT2D eigenvalue weighted by Gasteiger charge is -2.34. The van der Waals surface area contributed by atoms with Crippen LogP contribution in [-0.2, 0) is 23.9 Å². The molecular weight excluding hydrogens is 392 g/mol. The first kappa shape index (κ1) is 21.5. The summed E-state index contributed by atoms with van der Waals surface area (Å²) in [6.07, 6.45) is -3.19. The Bertz CT molecular complexity index is 1040. The maximum Gasteiger partial charge on any atom is 0.348 e. The molecule has 2 aromatic rings. The molecule has 160 valence electrons. The minimum Gasteiger partial charge on any atom is -0.478 e. The van der Waals surface area contributed by atoms with Gasteiger partial charge >= 0.3 is 11.9 Å². The zero-order valence-corrected chi connectivity index (χ0v) is 17.0. The molecule has 0 bridgehead atoms. The van der Waals surface area contributed by atoms with Crippen LogP contribution in [0.15, 0.2) is 35.1 Å². The number of esters is 1. The molecule has 9 heteroatoms. The number of H-pyrrole nitrogens is 1. The average molecular weight is 416 g/mol. The Hall–Kier alpha value is -3.20. The van der Waals surface area contributed by atoms with Gasteiger partial charge in [-0.25, -0.2) is 4.79 Å². The number of carboxylic acids is 1. The molecule has 9 nitrogen and oxygen atoms in total. The van der Waals surface area contributed by atoms with E-state index in [1.54, 1.807) is 24.3 Å². The van der Waals surface area contributed by atoms with Crippen LogP contribution in [0.2, 0.25) is 0 Å². The Morgan fingerprint density at radius 2 is 2.00 bits per heavy atom. The number of amides is 1. The van der Waals surface area contributed by atoms with Gasteiger partial charge in [-0.15, -0.1) is 0 Å². The van der Waals surface area contributed by atoms with Crippen LogP contribution in [0.5, 0.6) is 0 Å². The first-order chi connectivity index (χ1) is 14.0. The number of carbonyl (C=O) groups excluding carboxylic acids is 2. The van der Waals surface area contributed by atoms with E-state index in [0.717, 1.165) is 0 Å². The maximum absolute atomic E-state index is 13.0. The third-order valence-corrected chi connectivity index (χ3v) is 4.59. The van der Waals surface area contributed by atoms with Crippen LogP contribution in [0, 0.1) is 5.41 Å². The molecule has 2 N–H and O–H groups in total. The molecule has 0 unspecified atom stereocenters. The number of hydrogen-bond donors (Lipinski definition) is 2. The Labute approximate surface area is 172 Å². The largest absolute Gasteiger partial charge is 0.478 e. The summed E-state index contributed by atoms with van der Waals surface area (Å²) in [6, 6.07) is 8.05. The molecule has 0 aliphatic carbocycles. The van der Waals surface area contributed by atoms with Gasteiger partial charge in [0.1, 0.15) is 0 Å². The summed E-state index contributed by atoms with van der Waals surface area (Å²) < 4.78 is 10.5. The summed E-state index contributed by atoms with van der Waals surface area (Å²) in [7, 11) is 0. The Morgan fingerprint density at radius 3 is 2.67 bits per heavy atom. The smallest absolute Gasteiger partial charge is 0.348 e. The van der Waals surface area contributed by atoms with Gasteiger partial charge in [0.25, 0.3) is 5.91 Å². The molecule has 0 spiro atoms. The van der Waals surface area contributed by atoms with Crippen molar-refractivity contribution >= 4 is 34.4 Å². The number of pyridine rings is 1. The van der Waals surface area contributed by atoms with Gasteiger partial charge in [-0.05, 0) is 29.7 Å². The lowest BCUT2D eigenvalue weighted by molar-refractivity contribution is -0.179. The van der Waals surface area contributed by atoms with Crippen LogP contribution in [-0.4, -0.2) is 53.3 Å². The molecule has 0 radical (unpaired) electrons. The monoisotopic (exact) mass is 416 g/mol. The van der Waals surface area contributed by atoms with E-state index in [0.29, 0.717) is 16.6 Å². The Balaban J connectivity index is 1.84. The van der Waals surface area contributed by atoms with Crippen molar-refractivity contribution < 1.29 is 29.0 Å². The van der Waals surface area contributed by atoms with Gasteiger partial charge in [0.05, 0.1) is 13.0 Å². The number of carboxylic acid groups (broad SMARTS) is 1. The van der Waals surface area contributed by atoms with E-state index in [2.05, 4.69) is 4.98 Å². The first-order valence-electron chi connectivity index (χ1n) is 9.53. The molecule has 1 aromatic carbocycles. The molecule has 1 aromatic heterocycles. The van der Waals surface area contributed by atoms with Crippen LogP contribution in [0.25, 0.3) is 10.9 Å². The molecule has 1 aliphatic heterocycles. The fourth-order valence-electron chi connectivity index (χ4n) is 3.25. The predicted octanol–water partition coefficient (Wildman–Crippen LogP) is 1.69. The number of fused-ring (bicyclic) bond motifs is 1. The average Bonchev–Trinajstić information content (AvgIpc) is 2.64. The lowest BCUT2D eigenvalue weighted by atomic mass is 9.92. The highest BCUT2D eigenvalue weighted by Gasteiger charge is 2.43. The van der Waals surface area contributed by atoms with Crippen LogP contribution in [0.4, 0.5) is 5.69 Å². The van der Waals surface area contributed by atoms with Gasteiger partial charge in [-0.3, -0.25) is 14.4 Å². The summed E-state index contributed by atoms with van der Waals surface area (Å²) in [5, 5.41) is 10.3. The third-order valence-electron chi connectivity index (χ3n) is 4.59. The molecule has 1 aliphatic rings. The summed E-state index contributed by atoms with van der Waals surface area (Å²) in [4.78, 5) is 52.4. The fraction of sp³-hybridized carbons (Fsp3) is 0.429. The summed E-state index contributed by atoms with van der Waals surface area (Å²) >= 11 is 0. The topological polar surface area (TPSA) is 126 Å². The fourth-order valence-corrected chi connectivity index (χ4v) is 3.25. The second-order valence-electron chi connectivity index (χ2n) is 8.36. The van der Waals surface area contributed by atoms with Crippen LogP contribution in [0.1, 0.15) is 27.2 Å². The van der Waals surface area contributed by atoms with E-state index in [1.165, 1.54) is 11.0 Å². The van der Waals surface area contributed by atoms with Crippen LogP contribution < -0.4 is 10.5 Å². The van der Waals surface area contributed by atoms with Gasteiger partial charge in [0, 0.05) is 29.2 Å². The summed E-state index contributed by atoms with van der Waals surface area (Å²) in [6.45, 7) is 5.76. The highest BCUT2D eigenvalue weighted by Crippen LogP contribution is 2.25. The minimum atomic E-state index is -1.74. The number of aliphatic carboxylic acids is 1. The highest BCUT2D eigenvalue weighted by atomic mass is 16.6. The number of rotatable bonds is 5. The molecule has 1 fully saturated rings. The predicted molar refractivity (Wildman–Crippen MR) is 108 cm³/mol. The van der Waals surface area contributed by atoms with E-state index < -0.39 is 35.5 Å². The van der Waals surface area contributed by atoms with Crippen molar-refractivity contribution in [3.8, 4) is 0 Å². The highest BCUT2D eigenvalue weighted by molar-refractivity contribution is 6.01. The van der Waals surface area contributed by atoms with Crippen molar-refractivity contribution in [1.82, 2.24) is 4.98 Å². The van der Waals surface area contributed by atoms with E-state index in [-0.39, 0.29) is 25.1 Å². The quantitative estimate of drug-likeness (QED) is 0.710. The number of morpholine rings is 1. The zero-order valence-electron chi connectivity index (χ0n) is 17.0. The van der Waals surface area contributed by atoms with E-state index in [4.69, 9.17) is 9.47 Å². The number of nitrogens with zero attached hydrogens (tertiary/aromatic N) is 1. The van der Waals surface area contributed by atoms with E-state index in [1.807, 2.05) is 20.8 Å². The maximum atomic E-state index is 13.0. The number of aromatic amines is 1. The van der Waals surface area contributed by atoms with Crippen molar-refractivity contribution in [2.75, 3.05) is 18.1 Å². The molecule has 2 heterocycles. The molecule has 2 atom stereocenters. The number of hydrogen-bond acceptors (Lipinski definition) is 6. The van der Waals surface area contributed by atoms with Crippen molar-refractivity contribution in [2.24, 2.45) is 5.41 Å². The number of nitrogens with one attached hydrogen (secondary N) is 1. The van der Waals surface area contributed by atoms with Crippen molar-refractivity contribution in [1.29, 1.82) is 0 Å². The van der Waals surface area contributed by atoms with Crippen LogP contribution >= 0.6 is 0 Å². The molecule has 1 amide bonds. The molecular formula is C21H24N2O7. The van der Waals surface area contributed by atoms with Gasteiger partial charge in [-0.1, -0.05) is 20.8 Å². The number of carbonyl (C=O) groups is 3. The molecule has 0 saturated carbocycles. The van der Waals surface area contributed by atoms with Gasteiger partial charge in [-0.2, -0.15) is 0 Å². The van der Waals surface area contributed by atoms with Crippen LogP contribution in [0.3, 0.4) is 0 Å². The van der Waals surface area contributed by atoms with E-state index in [9.17, 15) is 24.3 Å². The normalized spacial score (nSPS) is 18.3. The van der Waals surface area contributed by atoms with Gasteiger partial charge in [0.2, 0.25) is 11.7 Å². The Kier molecular flexibility index (Phi) is 5.93. The SMILES string of the molecule is CC(C)(C)CC(=O)O[C@@H](C(=O)O)[C@H]1OCCN(c2ccc3[nH]c(=O)ccc3c2)C1=O. The standard InChI is InChI=1S/C21H24N2O7/c1-21(2,3)11-16(25)30-18(20(27)28)17-19(26)23(8-9-29-17)13-5-6-14-12(10-13)4-7-15(24)22-14/h4-7,10,17-18H,8-9,11H2,1-3H3,(H,22,24)(H,27,28)/t17-,18-/m1/s1. The molecule has 30 heavy (non-hydrogen) atoms. The van der Waals surface area contributed by atoms with E-state index >= 15 is 0 Å².